The molecular formula is C49H35N. The van der Waals surface area contributed by atoms with Crippen LogP contribution in [0.25, 0.3) is 65.3 Å². The lowest BCUT2D eigenvalue weighted by Crippen LogP contribution is -2.30. The van der Waals surface area contributed by atoms with Crippen molar-refractivity contribution in [3.8, 4) is 22.3 Å². The first-order chi connectivity index (χ1) is 24.6. The summed E-state index contributed by atoms with van der Waals surface area (Å²) >= 11 is 0. The molecule has 0 radical (unpaired) electrons. The van der Waals surface area contributed by atoms with Crippen molar-refractivity contribution in [3.63, 3.8) is 0 Å². The number of rotatable bonds is 3. The van der Waals surface area contributed by atoms with E-state index >= 15 is 0 Å². The van der Waals surface area contributed by atoms with Crippen LogP contribution in [0.3, 0.4) is 0 Å². The van der Waals surface area contributed by atoms with E-state index in [4.69, 9.17) is 0 Å². The Morgan fingerprint density at radius 1 is 0.380 bits per heavy atom. The molecule has 0 atom stereocenters. The van der Waals surface area contributed by atoms with Gasteiger partial charge < -0.3 is 4.90 Å². The van der Waals surface area contributed by atoms with Crippen molar-refractivity contribution in [2.24, 2.45) is 0 Å². The number of hydrogen-bond acceptors (Lipinski definition) is 1. The number of nitrogens with zero attached hydrogens (tertiary/aromatic N) is 1. The van der Waals surface area contributed by atoms with E-state index in [0.717, 1.165) is 0 Å². The molecule has 0 saturated heterocycles. The molecule has 0 N–H and O–H groups in total. The highest BCUT2D eigenvalue weighted by atomic mass is 15.2. The summed E-state index contributed by atoms with van der Waals surface area (Å²) in [5.74, 6) is 0. The summed E-state index contributed by atoms with van der Waals surface area (Å²) in [5.41, 5.74) is 11.3. The van der Waals surface area contributed by atoms with Crippen LogP contribution in [0, 0.1) is 0 Å². The molecule has 236 valence electrons. The van der Waals surface area contributed by atoms with Gasteiger partial charge >= 0.3 is 0 Å². The second kappa shape index (κ2) is 10.9. The van der Waals surface area contributed by atoms with Crippen LogP contribution in [0.4, 0.5) is 17.1 Å². The lowest BCUT2D eigenvalue weighted by Gasteiger charge is -2.42. The molecule has 0 unspecified atom stereocenters. The Morgan fingerprint density at radius 3 is 1.54 bits per heavy atom. The fraction of sp³-hybridized carbons (Fsp3) is 0.0612. The number of fused-ring (bicyclic) bond motifs is 8. The van der Waals surface area contributed by atoms with Crippen molar-refractivity contribution in [2.45, 2.75) is 19.3 Å². The van der Waals surface area contributed by atoms with Crippen LogP contribution in [0.5, 0.6) is 0 Å². The van der Waals surface area contributed by atoms with Gasteiger partial charge in [-0.25, -0.2) is 0 Å². The van der Waals surface area contributed by atoms with Crippen LogP contribution < -0.4 is 4.90 Å². The van der Waals surface area contributed by atoms with Crippen LogP contribution in [-0.4, -0.2) is 0 Å². The molecule has 9 aromatic carbocycles. The second-order valence-electron chi connectivity index (χ2n) is 14.1. The first-order valence-electron chi connectivity index (χ1n) is 17.5. The highest BCUT2D eigenvalue weighted by Crippen LogP contribution is 2.52. The Morgan fingerprint density at radius 2 is 0.880 bits per heavy atom. The minimum Gasteiger partial charge on any atom is -0.310 e. The van der Waals surface area contributed by atoms with Crippen molar-refractivity contribution in [3.05, 3.63) is 187 Å². The van der Waals surface area contributed by atoms with Gasteiger partial charge in [-0.1, -0.05) is 153 Å². The molecule has 1 heteroatoms. The smallest absolute Gasteiger partial charge is 0.0502 e. The lowest BCUT2D eigenvalue weighted by molar-refractivity contribution is 0.632. The third kappa shape index (κ3) is 4.20. The molecule has 10 rings (SSSR count). The zero-order valence-electron chi connectivity index (χ0n) is 28.2. The van der Waals surface area contributed by atoms with Gasteiger partial charge in [0.25, 0.3) is 0 Å². The predicted molar refractivity (Wildman–Crippen MR) is 214 cm³/mol. The number of para-hydroxylation sites is 2. The third-order valence-electron chi connectivity index (χ3n) is 11.0. The lowest BCUT2D eigenvalue weighted by atomic mass is 9.73. The van der Waals surface area contributed by atoms with E-state index in [-0.39, 0.29) is 5.41 Å². The minimum atomic E-state index is -0.0807. The molecule has 0 fully saturated rings. The molecule has 0 aromatic heterocycles. The van der Waals surface area contributed by atoms with E-state index in [1.165, 1.54) is 93.5 Å². The van der Waals surface area contributed by atoms with Crippen molar-refractivity contribution < 1.29 is 0 Å². The van der Waals surface area contributed by atoms with Gasteiger partial charge in [0.15, 0.2) is 0 Å². The summed E-state index contributed by atoms with van der Waals surface area (Å²) in [6.07, 6.45) is 0. The largest absolute Gasteiger partial charge is 0.310 e. The minimum absolute atomic E-state index is 0.0807. The third-order valence-corrected chi connectivity index (χ3v) is 11.0. The summed E-state index contributed by atoms with van der Waals surface area (Å²) in [7, 11) is 0. The van der Waals surface area contributed by atoms with Crippen LogP contribution >= 0.6 is 0 Å². The van der Waals surface area contributed by atoms with Crippen LogP contribution in [0.15, 0.2) is 176 Å². The molecule has 1 aliphatic rings. The summed E-state index contributed by atoms with van der Waals surface area (Å²) < 4.78 is 0. The van der Waals surface area contributed by atoms with Crippen LogP contribution in [0.1, 0.15) is 25.0 Å². The van der Waals surface area contributed by atoms with E-state index in [2.05, 4.69) is 195 Å². The maximum atomic E-state index is 2.43. The maximum absolute atomic E-state index is 2.43. The molecule has 50 heavy (non-hydrogen) atoms. The maximum Gasteiger partial charge on any atom is 0.0502 e. The Hall–Kier alpha value is -6.18. The molecular weight excluding hydrogens is 603 g/mol. The molecule has 0 aliphatic carbocycles. The molecule has 1 nitrogen and oxygen atoms in total. The van der Waals surface area contributed by atoms with Gasteiger partial charge in [0.1, 0.15) is 0 Å². The number of benzene rings is 9. The highest BCUT2D eigenvalue weighted by molar-refractivity contribution is 6.26. The topological polar surface area (TPSA) is 3.24 Å². The Labute approximate surface area is 292 Å². The summed E-state index contributed by atoms with van der Waals surface area (Å²) in [4.78, 5) is 2.43. The van der Waals surface area contributed by atoms with Gasteiger partial charge in [-0.05, 0) is 113 Å². The zero-order valence-corrected chi connectivity index (χ0v) is 28.2. The monoisotopic (exact) mass is 637 g/mol. The standard InChI is InChI=1S/C49H35N/c1-49(2)44-22-9-11-24-46(44)50(47-25-12-10-23-45(47)49)35-28-26-33(27-29-35)42-30-34-31-43(37-21-13-15-32-14-3-4-16-36(32)37)39-18-6-8-20-41(39)48(34)40-19-7-5-17-38(40)42/h3-31H,1-2H3. The van der Waals surface area contributed by atoms with Crippen molar-refractivity contribution in [1.29, 1.82) is 0 Å². The van der Waals surface area contributed by atoms with Gasteiger partial charge in [-0.3, -0.25) is 0 Å². The van der Waals surface area contributed by atoms with E-state index in [1.54, 1.807) is 0 Å². The van der Waals surface area contributed by atoms with Gasteiger partial charge in [0.2, 0.25) is 0 Å². The SMILES string of the molecule is CC1(C)c2ccccc2N(c2ccc(-c3cc4cc(-c5cccc6ccccc56)c5ccccc5c4c4ccccc34)cc2)c2ccccc21. The van der Waals surface area contributed by atoms with Gasteiger partial charge in [-0.2, -0.15) is 0 Å². The average Bonchev–Trinajstić information content (AvgIpc) is 3.17. The van der Waals surface area contributed by atoms with E-state index in [9.17, 15) is 0 Å². The molecule has 0 saturated carbocycles. The molecule has 1 aliphatic heterocycles. The fourth-order valence-corrected chi connectivity index (χ4v) is 8.64. The molecule has 0 bridgehead atoms. The number of anilines is 3. The highest BCUT2D eigenvalue weighted by Gasteiger charge is 2.36. The molecule has 0 spiro atoms. The molecule has 1 heterocycles. The van der Waals surface area contributed by atoms with E-state index < -0.39 is 0 Å². The fourth-order valence-electron chi connectivity index (χ4n) is 8.64. The summed E-state index contributed by atoms with van der Waals surface area (Å²) in [5, 5.41) is 10.2. The quantitative estimate of drug-likeness (QED) is 0.174. The summed E-state index contributed by atoms with van der Waals surface area (Å²) in [6, 6.07) is 65.0. The first kappa shape index (κ1) is 28.8. The number of hydrogen-bond donors (Lipinski definition) is 0. The van der Waals surface area contributed by atoms with Gasteiger partial charge in [-0.15, -0.1) is 0 Å². The average molecular weight is 638 g/mol. The van der Waals surface area contributed by atoms with Crippen LogP contribution in [-0.2, 0) is 5.41 Å². The Bertz CT molecular complexity index is 2730. The Kier molecular flexibility index (Phi) is 6.29. The van der Waals surface area contributed by atoms with Crippen molar-refractivity contribution >= 4 is 60.2 Å². The van der Waals surface area contributed by atoms with Crippen LogP contribution in [0.2, 0.25) is 0 Å². The summed E-state index contributed by atoms with van der Waals surface area (Å²) in [6.45, 7) is 4.68. The van der Waals surface area contributed by atoms with Crippen molar-refractivity contribution in [1.82, 2.24) is 0 Å². The zero-order chi connectivity index (χ0) is 33.4. The van der Waals surface area contributed by atoms with E-state index in [0.29, 0.717) is 0 Å². The van der Waals surface area contributed by atoms with Gasteiger partial charge in [0, 0.05) is 11.1 Å². The predicted octanol–water partition coefficient (Wildman–Crippen LogP) is 13.7. The normalized spacial score (nSPS) is 13.5. The molecule has 9 aromatic rings. The van der Waals surface area contributed by atoms with Crippen molar-refractivity contribution in [2.75, 3.05) is 4.90 Å². The molecule has 0 amide bonds. The Balaban J connectivity index is 1.18. The van der Waals surface area contributed by atoms with E-state index in [1.807, 2.05) is 0 Å². The van der Waals surface area contributed by atoms with Gasteiger partial charge in [0.05, 0.1) is 11.4 Å². The first-order valence-corrected chi connectivity index (χ1v) is 17.5. The second-order valence-corrected chi connectivity index (χ2v) is 14.1.